The monoisotopic (exact) mass is 408 g/mol. The molecule has 3 rings (SSSR count). The third-order valence-corrected chi connectivity index (χ3v) is 5.82. The van der Waals surface area contributed by atoms with Crippen molar-refractivity contribution in [1.29, 1.82) is 0 Å². The summed E-state index contributed by atoms with van der Waals surface area (Å²) in [5.41, 5.74) is 1.02. The molecule has 0 spiro atoms. The van der Waals surface area contributed by atoms with E-state index in [1.165, 1.54) is 6.42 Å². The number of amides is 2. The first-order valence-corrected chi connectivity index (χ1v) is 10.4. The zero-order valence-electron chi connectivity index (χ0n) is 17.4. The van der Waals surface area contributed by atoms with Crippen molar-refractivity contribution in [3.05, 3.63) is 65.7 Å². The maximum atomic E-state index is 12.5. The summed E-state index contributed by atoms with van der Waals surface area (Å²) in [4.78, 5) is 37.2. The maximum absolute atomic E-state index is 12.5. The van der Waals surface area contributed by atoms with Gasteiger partial charge in [-0.15, -0.1) is 0 Å². The molecular formula is C24H28N2O4. The summed E-state index contributed by atoms with van der Waals surface area (Å²) >= 11 is 0. The van der Waals surface area contributed by atoms with Crippen molar-refractivity contribution in [2.45, 2.75) is 39.2 Å². The Kier molecular flexibility index (Phi) is 7.22. The predicted molar refractivity (Wildman–Crippen MR) is 115 cm³/mol. The second-order valence-electron chi connectivity index (χ2n) is 7.88. The molecule has 1 saturated carbocycles. The molecule has 30 heavy (non-hydrogen) atoms. The van der Waals surface area contributed by atoms with Crippen LogP contribution >= 0.6 is 0 Å². The van der Waals surface area contributed by atoms with Crippen LogP contribution in [0.25, 0.3) is 0 Å². The topological polar surface area (TPSA) is 84.5 Å². The molecule has 0 heterocycles. The number of rotatable bonds is 6. The molecule has 0 unspecified atom stereocenters. The Morgan fingerprint density at radius 3 is 2.43 bits per heavy atom. The number of carbonyl (C=O) groups is 3. The quantitative estimate of drug-likeness (QED) is 0.707. The summed E-state index contributed by atoms with van der Waals surface area (Å²) in [5, 5.41) is 5.72. The molecule has 2 N–H and O–H groups in total. The van der Waals surface area contributed by atoms with E-state index in [0.29, 0.717) is 23.1 Å². The Balaban J connectivity index is 1.58. The molecule has 1 aliphatic carbocycles. The standard InChI is InChI=1S/C24H28N2O4/c1-16-9-8-14-20(17(16)2)25-22(27)15-30-24(29)19-12-6-7-13-21(19)26-23(28)18-10-4-3-5-11-18/h3-7,10-13,16-17,20H,8-9,14-15H2,1-2H3,(H,25,27)(H,26,28)/t16-,17+,20-/m0/s1. The lowest BCUT2D eigenvalue weighted by atomic mass is 9.78. The minimum absolute atomic E-state index is 0.109. The highest BCUT2D eigenvalue weighted by Gasteiger charge is 2.28. The lowest BCUT2D eigenvalue weighted by Gasteiger charge is -2.34. The normalized spacial score (nSPS) is 20.8. The van der Waals surface area contributed by atoms with Gasteiger partial charge in [0.05, 0.1) is 11.3 Å². The van der Waals surface area contributed by atoms with Crippen LogP contribution in [0.5, 0.6) is 0 Å². The first-order chi connectivity index (χ1) is 14.5. The molecule has 2 aromatic rings. The van der Waals surface area contributed by atoms with Crippen molar-refractivity contribution in [1.82, 2.24) is 5.32 Å². The van der Waals surface area contributed by atoms with Crippen molar-refractivity contribution in [3.63, 3.8) is 0 Å². The number of benzene rings is 2. The minimum atomic E-state index is -0.654. The molecule has 0 radical (unpaired) electrons. The number of ether oxygens (including phenoxy) is 1. The van der Waals surface area contributed by atoms with Gasteiger partial charge < -0.3 is 15.4 Å². The fourth-order valence-corrected chi connectivity index (χ4v) is 3.80. The van der Waals surface area contributed by atoms with Gasteiger partial charge in [-0.3, -0.25) is 9.59 Å². The molecule has 0 aliphatic heterocycles. The van der Waals surface area contributed by atoms with Crippen LogP contribution in [0.4, 0.5) is 5.69 Å². The van der Waals surface area contributed by atoms with Gasteiger partial charge in [-0.2, -0.15) is 0 Å². The number of anilines is 1. The van der Waals surface area contributed by atoms with Gasteiger partial charge in [-0.05, 0) is 42.5 Å². The third-order valence-electron chi connectivity index (χ3n) is 5.82. The Hall–Kier alpha value is -3.15. The summed E-state index contributed by atoms with van der Waals surface area (Å²) in [7, 11) is 0. The van der Waals surface area contributed by atoms with Crippen LogP contribution in [-0.2, 0) is 9.53 Å². The Morgan fingerprint density at radius 2 is 1.67 bits per heavy atom. The third kappa shape index (κ3) is 5.47. The predicted octanol–water partition coefficient (Wildman–Crippen LogP) is 4.04. The molecule has 0 aromatic heterocycles. The van der Waals surface area contributed by atoms with E-state index in [-0.39, 0.29) is 30.0 Å². The highest BCUT2D eigenvalue weighted by atomic mass is 16.5. The Morgan fingerprint density at radius 1 is 0.967 bits per heavy atom. The molecule has 3 atom stereocenters. The van der Waals surface area contributed by atoms with Crippen molar-refractivity contribution >= 4 is 23.5 Å². The van der Waals surface area contributed by atoms with Crippen molar-refractivity contribution < 1.29 is 19.1 Å². The van der Waals surface area contributed by atoms with E-state index in [9.17, 15) is 14.4 Å². The largest absolute Gasteiger partial charge is 0.452 e. The smallest absolute Gasteiger partial charge is 0.340 e. The molecule has 6 heteroatoms. The van der Waals surface area contributed by atoms with Gasteiger partial charge >= 0.3 is 5.97 Å². The first-order valence-electron chi connectivity index (χ1n) is 10.4. The number of esters is 1. The summed E-state index contributed by atoms with van der Waals surface area (Å²) in [6, 6.07) is 15.4. The van der Waals surface area contributed by atoms with Crippen LogP contribution in [0.3, 0.4) is 0 Å². The SMILES string of the molecule is C[C@H]1[C@@H](NC(=O)COC(=O)c2ccccc2NC(=O)c2ccccc2)CCC[C@@H]1C. The second kappa shape index (κ2) is 10.1. The van der Waals surface area contributed by atoms with Crippen molar-refractivity contribution in [2.75, 3.05) is 11.9 Å². The van der Waals surface area contributed by atoms with Crippen LogP contribution in [-0.4, -0.2) is 30.4 Å². The van der Waals surface area contributed by atoms with E-state index in [4.69, 9.17) is 4.74 Å². The molecule has 0 saturated heterocycles. The summed E-state index contributed by atoms with van der Waals surface area (Å²) in [6.07, 6.45) is 3.21. The molecule has 1 fully saturated rings. The molecular weight excluding hydrogens is 380 g/mol. The van der Waals surface area contributed by atoms with Gasteiger partial charge in [-0.25, -0.2) is 4.79 Å². The summed E-state index contributed by atoms with van der Waals surface area (Å²) in [5.74, 6) is -0.327. The second-order valence-corrected chi connectivity index (χ2v) is 7.88. The van der Waals surface area contributed by atoms with Gasteiger partial charge in [0.1, 0.15) is 0 Å². The number of hydrogen-bond acceptors (Lipinski definition) is 4. The highest BCUT2D eigenvalue weighted by molar-refractivity contribution is 6.08. The van der Waals surface area contributed by atoms with E-state index in [1.54, 1.807) is 48.5 Å². The number of carbonyl (C=O) groups excluding carboxylic acids is 3. The van der Waals surface area contributed by atoms with Gasteiger partial charge in [0, 0.05) is 11.6 Å². The Labute approximate surface area is 177 Å². The molecule has 2 amide bonds. The summed E-state index contributed by atoms with van der Waals surface area (Å²) in [6.45, 7) is 3.99. The fourth-order valence-electron chi connectivity index (χ4n) is 3.80. The average molecular weight is 408 g/mol. The zero-order valence-corrected chi connectivity index (χ0v) is 17.4. The Bertz CT molecular complexity index is 897. The maximum Gasteiger partial charge on any atom is 0.340 e. The number of nitrogens with one attached hydrogen (secondary N) is 2. The van der Waals surface area contributed by atoms with Crippen LogP contribution in [0.1, 0.15) is 53.8 Å². The number of hydrogen-bond donors (Lipinski definition) is 2. The van der Waals surface area contributed by atoms with Crippen LogP contribution in [0, 0.1) is 11.8 Å². The van der Waals surface area contributed by atoms with Gasteiger partial charge in [0.25, 0.3) is 11.8 Å². The minimum Gasteiger partial charge on any atom is -0.452 e. The van der Waals surface area contributed by atoms with E-state index in [0.717, 1.165) is 12.8 Å². The van der Waals surface area contributed by atoms with Gasteiger partial charge in [0.2, 0.25) is 0 Å². The average Bonchev–Trinajstić information content (AvgIpc) is 2.76. The molecule has 6 nitrogen and oxygen atoms in total. The van der Waals surface area contributed by atoms with E-state index < -0.39 is 5.97 Å². The van der Waals surface area contributed by atoms with Crippen LogP contribution < -0.4 is 10.6 Å². The highest BCUT2D eigenvalue weighted by Crippen LogP contribution is 2.29. The lowest BCUT2D eigenvalue weighted by molar-refractivity contribution is -0.125. The number of para-hydroxylation sites is 1. The summed E-state index contributed by atoms with van der Waals surface area (Å²) < 4.78 is 5.22. The molecule has 2 aromatic carbocycles. The van der Waals surface area contributed by atoms with E-state index >= 15 is 0 Å². The van der Waals surface area contributed by atoms with E-state index in [2.05, 4.69) is 24.5 Å². The van der Waals surface area contributed by atoms with Crippen molar-refractivity contribution in [2.24, 2.45) is 11.8 Å². The molecule has 158 valence electrons. The first kappa shape index (κ1) is 21.6. The fraction of sp³-hybridized carbons (Fsp3) is 0.375. The molecule has 0 bridgehead atoms. The van der Waals surface area contributed by atoms with E-state index in [1.807, 2.05) is 6.07 Å². The zero-order chi connectivity index (χ0) is 21.5. The lowest BCUT2D eigenvalue weighted by Crippen LogP contribution is -2.45. The molecule has 1 aliphatic rings. The van der Waals surface area contributed by atoms with Crippen molar-refractivity contribution in [3.8, 4) is 0 Å². The van der Waals surface area contributed by atoms with Crippen LogP contribution in [0.2, 0.25) is 0 Å². The van der Waals surface area contributed by atoms with Gasteiger partial charge in [0.15, 0.2) is 6.61 Å². The van der Waals surface area contributed by atoms with Gasteiger partial charge in [-0.1, -0.05) is 57.0 Å². The van der Waals surface area contributed by atoms with Crippen LogP contribution in [0.15, 0.2) is 54.6 Å².